The molecule has 2 aromatic rings. The van der Waals surface area contributed by atoms with Gasteiger partial charge in [0.15, 0.2) is 0 Å². The topological polar surface area (TPSA) is 50.2 Å². The average molecular weight is 324 g/mol. The Hall–Kier alpha value is -2.23. The summed E-state index contributed by atoms with van der Waals surface area (Å²) in [4.78, 5) is 9.14. The molecule has 0 radical (unpaired) electrons. The molecule has 0 unspecified atom stereocenters. The van der Waals surface area contributed by atoms with Crippen LogP contribution in [0.1, 0.15) is 63.1 Å². The first-order valence-corrected chi connectivity index (χ1v) is 8.93. The molecule has 2 rings (SSSR count). The van der Waals surface area contributed by atoms with Crippen LogP contribution in [0.2, 0.25) is 0 Å². The van der Waals surface area contributed by atoms with Gasteiger partial charge in [0.2, 0.25) is 5.95 Å². The van der Waals surface area contributed by atoms with Gasteiger partial charge in [-0.3, -0.25) is 0 Å². The van der Waals surface area contributed by atoms with E-state index in [1.807, 2.05) is 13.0 Å². The number of hydrazone groups is 1. The molecule has 128 valence electrons. The Morgan fingerprint density at radius 3 is 2.50 bits per heavy atom. The normalized spacial score (nSPS) is 11.6. The van der Waals surface area contributed by atoms with Crippen molar-refractivity contribution in [3.05, 3.63) is 52.8 Å². The molecule has 0 aliphatic carbocycles. The number of unbranched alkanes of at least 4 members (excludes halogenated alkanes) is 1. The predicted octanol–water partition coefficient (Wildman–Crippen LogP) is 4.78. The highest BCUT2D eigenvalue weighted by Gasteiger charge is 2.06. The molecule has 0 aliphatic heterocycles. The van der Waals surface area contributed by atoms with E-state index in [1.165, 1.54) is 17.5 Å². The van der Waals surface area contributed by atoms with Gasteiger partial charge in [-0.2, -0.15) is 5.10 Å². The standard InChI is InChI=1S/C20H28N4/c1-5-8-12-18-14-17(7-3)21-20(22-18)24-23-15(4)19-13-10-9-11-16(19)6-2/h9-11,13-14H,5-8,12H2,1-4H3,(H,21,22,24). The van der Waals surface area contributed by atoms with Crippen LogP contribution in [-0.2, 0) is 19.3 Å². The van der Waals surface area contributed by atoms with E-state index in [-0.39, 0.29) is 0 Å². The summed E-state index contributed by atoms with van der Waals surface area (Å²) in [5.41, 5.74) is 8.62. The number of aromatic nitrogens is 2. The second-order valence-electron chi connectivity index (χ2n) is 5.95. The van der Waals surface area contributed by atoms with E-state index < -0.39 is 0 Å². The van der Waals surface area contributed by atoms with Crippen LogP contribution in [-0.4, -0.2) is 15.7 Å². The van der Waals surface area contributed by atoms with Crippen LogP contribution in [0.15, 0.2) is 35.4 Å². The van der Waals surface area contributed by atoms with Gasteiger partial charge in [-0.15, -0.1) is 0 Å². The Morgan fingerprint density at radius 2 is 1.79 bits per heavy atom. The summed E-state index contributed by atoms with van der Waals surface area (Å²) in [6.45, 7) is 8.48. The van der Waals surface area contributed by atoms with Gasteiger partial charge in [0.1, 0.15) is 0 Å². The SMILES string of the molecule is CCCCc1cc(CC)nc(NN=C(C)c2ccccc2CC)n1. The second-order valence-corrected chi connectivity index (χ2v) is 5.95. The van der Waals surface area contributed by atoms with E-state index in [4.69, 9.17) is 0 Å². The predicted molar refractivity (Wildman–Crippen MR) is 102 cm³/mol. The summed E-state index contributed by atoms with van der Waals surface area (Å²) < 4.78 is 0. The number of hydrogen-bond acceptors (Lipinski definition) is 4. The minimum absolute atomic E-state index is 0.591. The second kappa shape index (κ2) is 9.16. The van der Waals surface area contributed by atoms with Gasteiger partial charge in [-0.05, 0) is 44.2 Å². The van der Waals surface area contributed by atoms with Gasteiger partial charge >= 0.3 is 0 Å². The van der Waals surface area contributed by atoms with Crippen LogP contribution in [0.25, 0.3) is 0 Å². The van der Waals surface area contributed by atoms with Crippen LogP contribution < -0.4 is 5.43 Å². The van der Waals surface area contributed by atoms with Crippen molar-refractivity contribution in [3.63, 3.8) is 0 Å². The van der Waals surface area contributed by atoms with E-state index >= 15 is 0 Å². The van der Waals surface area contributed by atoms with E-state index in [2.05, 4.69) is 65.5 Å². The summed E-state index contributed by atoms with van der Waals surface area (Å²) in [6, 6.07) is 10.5. The van der Waals surface area contributed by atoms with Crippen molar-refractivity contribution in [3.8, 4) is 0 Å². The van der Waals surface area contributed by atoms with Crippen LogP contribution in [0.4, 0.5) is 5.95 Å². The number of rotatable bonds is 8. The third kappa shape index (κ3) is 4.88. The van der Waals surface area contributed by atoms with Gasteiger partial charge in [0, 0.05) is 17.0 Å². The minimum Gasteiger partial charge on any atom is -0.245 e. The van der Waals surface area contributed by atoms with E-state index in [1.54, 1.807) is 0 Å². The third-order valence-corrected chi connectivity index (χ3v) is 4.09. The molecule has 0 bridgehead atoms. The summed E-state index contributed by atoms with van der Waals surface area (Å²) in [5, 5.41) is 4.51. The molecule has 4 heteroatoms. The highest BCUT2D eigenvalue weighted by atomic mass is 15.4. The minimum atomic E-state index is 0.591. The van der Waals surface area contributed by atoms with Crippen LogP contribution >= 0.6 is 0 Å². The van der Waals surface area contributed by atoms with E-state index in [9.17, 15) is 0 Å². The average Bonchev–Trinajstić information content (AvgIpc) is 2.64. The molecular weight excluding hydrogens is 296 g/mol. The van der Waals surface area contributed by atoms with Gasteiger partial charge in [-0.1, -0.05) is 51.5 Å². The van der Waals surface area contributed by atoms with Crippen molar-refractivity contribution < 1.29 is 0 Å². The first-order chi connectivity index (χ1) is 11.7. The molecule has 0 saturated heterocycles. The zero-order chi connectivity index (χ0) is 17.4. The Morgan fingerprint density at radius 1 is 1.04 bits per heavy atom. The van der Waals surface area contributed by atoms with E-state index in [0.717, 1.165) is 42.8 Å². The van der Waals surface area contributed by atoms with Crippen molar-refractivity contribution >= 4 is 11.7 Å². The number of nitrogens with one attached hydrogen (secondary N) is 1. The van der Waals surface area contributed by atoms with Crippen LogP contribution in [0.5, 0.6) is 0 Å². The zero-order valence-corrected chi connectivity index (χ0v) is 15.3. The molecule has 0 amide bonds. The monoisotopic (exact) mass is 324 g/mol. The Balaban J connectivity index is 2.20. The summed E-state index contributed by atoms with van der Waals surface area (Å²) in [5.74, 6) is 0.591. The first kappa shape index (κ1) is 18.1. The fourth-order valence-electron chi connectivity index (χ4n) is 2.65. The zero-order valence-electron chi connectivity index (χ0n) is 15.3. The Labute approximate surface area is 145 Å². The quantitative estimate of drug-likeness (QED) is 0.561. The number of anilines is 1. The maximum absolute atomic E-state index is 4.60. The molecule has 0 spiro atoms. The molecular formula is C20H28N4. The summed E-state index contributed by atoms with van der Waals surface area (Å²) >= 11 is 0. The van der Waals surface area contributed by atoms with Gasteiger partial charge in [-0.25, -0.2) is 15.4 Å². The summed E-state index contributed by atoms with van der Waals surface area (Å²) in [7, 11) is 0. The Kier molecular flexibility index (Phi) is 6.91. The Bertz CT molecular complexity index is 692. The number of aryl methyl sites for hydroxylation is 3. The lowest BCUT2D eigenvalue weighted by molar-refractivity contribution is 0.769. The maximum Gasteiger partial charge on any atom is 0.243 e. The largest absolute Gasteiger partial charge is 0.245 e. The third-order valence-electron chi connectivity index (χ3n) is 4.09. The first-order valence-electron chi connectivity index (χ1n) is 8.93. The molecule has 1 aromatic heterocycles. The fraction of sp³-hybridized carbons (Fsp3) is 0.450. The molecule has 1 N–H and O–H groups in total. The molecule has 0 atom stereocenters. The molecule has 4 nitrogen and oxygen atoms in total. The maximum atomic E-state index is 4.60. The highest BCUT2D eigenvalue weighted by Crippen LogP contribution is 2.12. The number of hydrogen-bond donors (Lipinski definition) is 1. The van der Waals surface area contributed by atoms with Gasteiger partial charge in [0.25, 0.3) is 0 Å². The lowest BCUT2D eigenvalue weighted by atomic mass is 10.0. The summed E-state index contributed by atoms with van der Waals surface area (Å²) in [6.07, 6.45) is 5.19. The van der Waals surface area contributed by atoms with Crippen molar-refractivity contribution in [1.29, 1.82) is 0 Å². The fourth-order valence-corrected chi connectivity index (χ4v) is 2.65. The van der Waals surface area contributed by atoms with Crippen molar-refractivity contribution in [2.24, 2.45) is 5.10 Å². The van der Waals surface area contributed by atoms with Crippen molar-refractivity contribution in [2.75, 3.05) is 5.43 Å². The number of nitrogens with zero attached hydrogens (tertiary/aromatic N) is 3. The number of benzene rings is 1. The molecule has 24 heavy (non-hydrogen) atoms. The molecule has 1 heterocycles. The van der Waals surface area contributed by atoms with Crippen molar-refractivity contribution in [2.45, 2.75) is 59.8 Å². The van der Waals surface area contributed by atoms with Crippen LogP contribution in [0, 0.1) is 0 Å². The van der Waals surface area contributed by atoms with Crippen LogP contribution in [0.3, 0.4) is 0 Å². The van der Waals surface area contributed by atoms with Gasteiger partial charge in [0.05, 0.1) is 5.71 Å². The molecule has 0 aliphatic rings. The molecule has 1 aromatic carbocycles. The van der Waals surface area contributed by atoms with Crippen molar-refractivity contribution in [1.82, 2.24) is 9.97 Å². The van der Waals surface area contributed by atoms with Gasteiger partial charge < -0.3 is 0 Å². The lowest BCUT2D eigenvalue weighted by Gasteiger charge is -2.09. The highest BCUT2D eigenvalue weighted by molar-refractivity contribution is 6.00. The molecule has 0 fully saturated rings. The van der Waals surface area contributed by atoms with E-state index in [0.29, 0.717) is 5.95 Å². The smallest absolute Gasteiger partial charge is 0.243 e. The molecule has 0 saturated carbocycles. The lowest BCUT2D eigenvalue weighted by Crippen LogP contribution is -2.07.